The predicted molar refractivity (Wildman–Crippen MR) is 68.9 cm³/mol. The fourth-order valence-electron chi connectivity index (χ4n) is 2.15. The van der Waals surface area contributed by atoms with Crippen LogP contribution in [0.5, 0.6) is 0 Å². The van der Waals surface area contributed by atoms with E-state index in [-0.39, 0.29) is 5.69 Å². The highest BCUT2D eigenvalue weighted by atomic mass is 19.1. The number of aromatic nitrogens is 2. The minimum Gasteiger partial charge on any atom is -0.375 e. The number of aryl methyl sites for hydroxylation is 1. The normalized spacial score (nSPS) is 14.7. The number of nitrogens with one attached hydrogen (secondary N) is 1. The van der Waals surface area contributed by atoms with Crippen molar-refractivity contribution in [1.29, 1.82) is 0 Å². The maximum Gasteiger partial charge on any atom is 0.152 e. The number of hydrogen-bond acceptors (Lipinski definition) is 2. The summed E-state index contributed by atoms with van der Waals surface area (Å²) in [5.74, 6) is -1.10. The minimum atomic E-state index is -0.569. The van der Waals surface area contributed by atoms with Gasteiger partial charge in [0.1, 0.15) is 11.5 Å². The number of hydrogen-bond donors (Lipinski definition) is 1. The summed E-state index contributed by atoms with van der Waals surface area (Å²) in [5.41, 5.74) is 1.31. The van der Waals surface area contributed by atoms with Crippen molar-refractivity contribution in [3.63, 3.8) is 0 Å². The molecule has 1 saturated carbocycles. The molecule has 19 heavy (non-hydrogen) atoms. The van der Waals surface area contributed by atoms with Crippen LogP contribution in [0.4, 0.5) is 14.5 Å². The van der Waals surface area contributed by atoms with Gasteiger partial charge in [0.05, 0.1) is 18.6 Å². The fourth-order valence-corrected chi connectivity index (χ4v) is 2.15. The maximum absolute atomic E-state index is 13.8. The second-order valence-corrected chi connectivity index (χ2v) is 4.93. The van der Waals surface area contributed by atoms with E-state index in [0.717, 1.165) is 18.5 Å². The third-order valence-corrected chi connectivity index (χ3v) is 3.42. The van der Waals surface area contributed by atoms with Crippen molar-refractivity contribution >= 4 is 5.69 Å². The van der Waals surface area contributed by atoms with E-state index in [9.17, 15) is 8.78 Å². The van der Waals surface area contributed by atoms with Crippen molar-refractivity contribution in [2.24, 2.45) is 0 Å². The number of anilines is 1. The summed E-state index contributed by atoms with van der Waals surface area (Å²) in [7, 11) is 0. The lowest BCUT2D eigenvalue weighted by atomic mass is 10.2. The minimum absolute atomic E-state index is 0.0662. The molecule has 5 heteroatoms. The number of nitrogens with zero attached hydrogens (tertiary/aromatic N) is 2. The van der Waals surface area contributed by atoms with E-state index in [1.807, 2.05) is 0 Å². The zero-order chi connectivity index (χ0) is 13.4. The average molecular weight is 263 g/mol. The molecule has 1 fully saturated rings. The lowest BCUT2D eigenvalue weighted by Crippen LogP contribution is -2.08. The van der Waals surface area contributed by atoms with Gasteiger partial charge in [-0.3, -0.25) is 0 Å². The van der Waals surface area contributed by atoms with Crippen molar-refractivity contribution in [2.75, 3.05) is 5.32 Å². The first-order valence-electron chi connectivity index (χ1n) is 6.36. The lowest BCUT2D eigenvalue weighted by molar-refractivity contribution is 0.581. The van der Waals surface area contributed by atoms with Crippen LogP contribution in [0.1, 0.15) is 30.1 Å². The number of halogens is 2. The predicted octanol–water partition coefficient (Wildman–Crippen LogP) is 3.42. The van der Waals surface area contributed by atoms with Crippen LogP contribution in [0.15, 0.2) is 24.7 Å². The topological polar surface area (TPSA) is 29.9 Å². The van der Waals surface area contributed by atoms with Crippen molar-refractivity contribution in [3.05, 3.63) is 47.5 Å². The van der Waals surface area contributed by atoms with Crippen LogP contribution in [0.25, 0.3) is 0 Å². The van der Waals surface area contributed by atoms with E-state index in [1.165, 1.54) is 12.1 Å². The third kappa shape index (κ3) is 2.32. The molecule has 100 valence electrons. The zero-order valence-corrected chi connectivity index (χ0v) is 10.7. The highest BCUT2D eigenvalue weighted by Gasteiger charge is 2.25. The maximum atomic E-state index is 13.8. The van der Waals surface area contributed by atoms with E-state index in [4.69, 9.17) is 0 Å². The van der Waals surface area contributed by atoms with Gasteiger partial charge in [-0.1, -0.05) is 6.07 Å². The molecule has 3 rings (SSSR count). The van der Waals surface area contributed by atoms with Gasteiger partial charge < -0.3 is 9.88 Å². The highest BCUT2D eigenvalue weighted by molar-refractivity contribution is 5.49. The Morgan fingerprint density at radius 1 is 1.37 bits per heavy atom. The third-order valence-electron chi connectivity index (χ3n) is 3.42. The second-order valence-electron chi connectivity index (χ2n) is 4.93. The van der Waals surface area contributed by atoms with E-state index in [2.05, 4.69) is 14.9 Å². The highest BCUT2D eigenvalue weighted by Crippen LogP contribution is 2.35. The van der Waals surface area contributed by atoms with Gasteiger partial charge >= 0.3 is 0 Å². The fraction of sp³-hybridized carbons (Fsp3) is 0.357. The van der Waals surface area contributed by atoms with Crippen molar-refractivity contribution in [2.45, 2.75) is 32.4 Å². The molecule has 0 saturated heterocycles. The molecule has 0 amide bonds. The van der Waals surface area contributed by atoms with Gasteiger partial charge in [0.15, 0.2) is 5.82 Å². The van der Waals surface area contributed by atoms with E-state index in [0.29, 0.717) is 18.2 Å². The molecule has 1 aliphatic carbocycles. The summed E-state index contributed by atoms with van der Waals surface area (Å²) in [4.78, 5) is 4.09. The summed E-state index contributed by atoms with van der Waals surface area (Å²) >= 11 is 0. The van der Waals surface area contributed by atoms with Gasteiger partial charge in [0.25, 0.3) is 0 Å². The molecule has 0 bridgehead atoms. The van der Waals surface area contributed by atoms with E-state index in [1.54, 1.807) is 19.4 Å². The monoisotopic (exact) mass is 263 g/mol. The quantitative estimate of drug-likeness (QED) is 0.916. The molecule has 0 spiro atoms. The summed E-state index contributed by atoms with van der Waals surface area (Å²) in [5, 5.41) is 2.84. The van der Waals surface area contributed by atoms with Crippen molar-refractivity contribution in [3.8, 4) is 0 Å². The Morgan fingerprint density at radius 3 is 2.89 bits per heavy atom. The molecule has 1 aliphatic rings. The largest absolute Gasteiger partial charge is 0.375 e. The van der Waals surface area contributed by atoms with Crippen LogP contribution in [0.2, 0.25) is 0 Å². The zero-order valence-electron chi connectivity index (χ0n) is 10.7. The van der Waals surface area contributed by atoms with Gasteiger partial charge in [0, 0.05) is 12.2 Å². The summed E-state index contributed by atoms with van der Waals surface area (Å²) in [6.45, 7) is 1.99. The Morgan fingerprint density at radius 2 is 2.16 bits per heavy atom. The molecular formula is C14H15F2N3. The molecule has 2 aromatic rings. The van der Waals surface area contributed by atoms with Crippen LogP contribution in [0, 0.1) is 18.6 Å². The van der Waals surface area contributed by atoms with Crippen LogP contribution >= 0.6 is 0 Å². The number of imidazole rings is 1. The van der Waals surface area contributed by atoms with Crippen LogP contribution in [-0.2, 0) is 6.54 Å². The lowest BCUT2D eigenvalue weighted by Gasteiger charge is -2.11. The first kappa shape index (κ1) is 12.1. The van der Waals surface area contributed by atoms with E-state index >= 15 is 0 Å². The van der Waals surface area contributed by atoms with Gasteiger partial charge in [-0.25, -0.2) is 13.8 Å². The van der Waals surface area contributed by atoms with Gasteiger partial charge in [0.2, 0.25) is 0 Å². The Kier molecular flexibility index (Phi) is 2.97. The number of rotatable bonds is 4. The van der Waals surface area contributed by atoms with Gasteiger partial charge in [-0.2, -0.15) is 0 Å². The summed E-state index contributed by atoms with van der Waals surface area (Å²) < 4.78 is 29.5. The molecule has 0 unspecified atom stereocenters. The Balaban J connectivity index is 1.79. The molecular weight excluding hydrogens is 248 g/mol. The summed E-state index contributed by atoms with van der Waals surface area (Å²) in [6, 6.07) is 3.22. The molecule has 1 aromatic heterocycles. The standard InChI is InChI=1S/C14H15F2N3/c1-9-2-5-12(15)14(13(9)16)18-7-11-6-17-8-19(11)10-3-4-10/h2,5-6,8,10,18H,3-4,7H2,1H3. The average Bonchev–Trinajstić information content (AvgIpc) is 3.14. The first-order chi connectivity index (χ1) is 9.16. The summed E-state index contributed by atoms with van der Waals surface area (Å²) in [6.07, 6.45) is 5.81. The van der Waals surface area contributed by atoms with Crippen molar-refractivity contribution < 1.29 is 8.78 Å². The SMILES string of the molecule is Cc1ccc(F)c(NCc2cncn2C2CC2)c1F. The molecule has 1 N–H and O–H groups in total. The van der Waals surface area contributed by atoms with Crippen LogP contribution in [-0.4, -0.2) is 9.55 Å². The van der Waals surface area contributed by atoms with Crippen molar-refractivity contribution in [1.82, 2.24) is 9.55 Å². The molecule has 1 heterocycles. The Bertz CT molecular complexity index is 603. The molecule has 0 atom stereocenters. The van der Waals surface area contributed by atoms with Gasteiger partial charge in [-0.05, 0) is 31.4 Å². The van der Waals surface area contributed by atoms with E-state index < -0.39 is 11.6 Å². The second kappa shape index (κ2) is 4.64. The molecule has 0 aliphatic heterocycles. The molecule has 3 nitrogen and oxygen atoms in total. The van der Waals surface area contributed by atoms with Crippen LogP contribution < -0.4 is 5.32 Å². The smallest absolute Gasteiger partial charge is 0.152 e. The molecule has 0 radical (unpaired) electrons. The number of benzene rings is 1. The first-order valence-corrected chi connectivity index (χ1v) is 6.36. The Hall–Kier alpha value is -1.91. The Labute approximate surface area is 110 Å². The molecule has 1 aromatic carbocycles. The van der Waals surface area contributed by atoms with Gasteiger partial charge in [-0.15, -0.1) is 0 Å². The van der Waals surface area contributed by atoms with Crippen LogP contribution in [0.3, 0.4) is 0 Å².